The van der Waals surface area contributed by atoms with Crippen molar-refractivity contribution < 1.29 is 9.90 Å². The molecule has 4 nitrogen and oxygen atoms in total. The lowest BCUT2D eigenvalue weighted by Gasteiger charge is -2.36. The number of rotatable bonds is 5. The Balaban J connectivity index is 0.000000367. The molecule has 0 radical (unpaired) electrons. The third-order valence-electron chi connectivity index (χ3n) is 6.43. The van der Waals surface area contributed by atoms with Crippen molar-refractivity contribution in [3.8, 4) is 0 Å². The molecule has 0 bridgehead atoms. The number of halogens is 1. The maximum atomic E-state index is 10.7. The summed E-state index contributed by atoms with van der Waals surface area (Å²) in [5.41, 5.74) is 2.29. The predicted octanol–water partition coefficient (Wildman–Crippen LogP) is 6.84. The minimum absolute atomic E-state index is 0.188. The van der Waals surface area contributed by atoms with E-state index in [0.29, 0.717) is 18.9 Å². The minimum Gasteiger partial charge on any atom is -0.481 e. The van der Waals surface area contributed by atoms with Gasteiger partial charge >= 0.3 is 5.97 Å². The molecule has 0 unspecified atom stereocenters. The first-order chi connectivity index (χ1) is 14.6. The van der Waals surface area contributed by atoms with Crippen LogP contribution in [0.2, 0.25) is 5.02 Å². The number of aryl methyl sites for hydroxylation is 1. The molecule has 1 aromatic carbocycles. The smallest absolute Gasteiger partial charge is 0.303 e. The third-order valence-corrected chi connectivity index (χ3v) is 7.67. The van der Waals surface area contributed by atoms with Gasteiger partial charge in [-0.25, -0.2) is 0 Å². The van der Waals surface area contributed by atoms with Crippen LogP contribution in [0.1, 0.15) is 89.0 Å². The van der Waals surface area contributed by atoms with E-state index in [2.05, 4.69) is 21.8 Å². The van der Waals surface area contributed by atoms with E-state index >= 15 is 0 Å². The Hall–Kier alpha value is -0.910. The van der Waals surface area contributed by atoms with Crippen molar-refractivity contribution in [1.29, 1.82) is 0 Å². The highest BCUT2D eigenvalue weighted by atomic mass is 35.5. The van der Waals surface area contributed by atoms with Crippen LogP contribution in [0.3, 0.4) is 0 Å². The number of carboxylic acids is 1. The Morgan fingerprint density at radius 1 is 1.07 bits per heavy atom. The Morgan fingerprint density at radius 2 is 1.70 bits per heavy atom. The molecule has 0 spiro atoms. The van der Waals surface area contributed by atoms with Crippen LogP contribution in [0.4, 0.5) is 5.69 Å². The van der Waals surface area contributed by atoms with Crippen LogP contribution < -0.4 is 9.62 Å². The number of anilines is 1. The van der Waals surface area contributed by atoms with Gasteiger partial charge in [0.05, 0.1) is 5.69 Å². The maximum Gasteiger partial charge on any atom is 0.303 e. The molecule has 168 valence electrons. The molecule has 30 heavy (non-hydrogen) atoms. The van der Waals surface area contributed by atoms with Gasteiger partial charge in [-0.05, 0) is 55.3 Å². The van der Waals surface area contributed by atoms with Gasteiger partial charge in [0, 0.05) is 35.5 Å². The van der Waals surface area contributed by atoms with Gasteiger partial charge in [-0.3, -0.25) is 9.52 Å². The second-order valence-corrected chi connectivity index (χ2v) is 10.1. The number of nitrogens with zero attached hydrogens (tertiary/aromatic N) is 1. The molecule has 0 aromatic heterocycles. The highest BCUT2D eigenvalue weighted by molar-refractivity contribution is 7.97. The summed E-state index contributed by atoms with van der Waals surface area (Å²) in [7, 11) is 0. The van der Waals surface area contributed by atoms with Gasteiger partial charge in [0.15, 0.2) is 0 Å². The molecule has 2 N–H and O–H groups in total. The van der Waals surface area contributed by atoms with E-state index in [1.54, 1.807) is 11.9 Å². The second kappa shape index (κ2) is 12.8. The Kier molecular flexibility index (Phi) is 10.2. The predicted molar refractivity (Wildman–Crippen MR) is 128 cm³/mol. The number of hydrogen-bond acceptors (Lipinski definition) is 4. The fraction of sp³-hybridized carbons (Fsp3) is 0.708. The number of aliphatic carboxylic acids is 1. The highest BCUT2D eigenvalue weighted by Gasteiger charge is 2.26. The lowest BCUT2D eigenvalue weighted by Crippen LogP contribution is -2.39. The highest BCUT2D eigenvalue weighted by Crippen LogP contribution is 2.38. The third kappa shape index (κ3) is 7.35. The van der Waals surface area contributed by atoms with Gasteiger partial charge in [0.25, 0.3) is 0 Å². The van der Waals surface area contributed by atoms with Crippen LogP contribution in [-0.2, 0) is 11.2 Å². The summed E-state index contributed by atoms with van der Waals surface area (Å²) in [6, 6.07) is 4.87. The Morgan fingerprint density at radius 3 is 2.33 bits per heavy atom. The van der Waals surface area contributed by atoms with E-state index in [4.69, 9.17) is 16.7 Å². The molecule has 4 rings (SSSR count). The van der Waals surface area contributed by atoms with Crippen LogP contribution in [0.25, 0.3) is 0 Å². The summed E-state index contributed by atoms with van der Waals surface area (Å²) in [4.78, 5) is 14.5. The molecule has 0 saturated heterocycles. The van der Waals surface area contributed by atoms with E-state index in [0.717, 1.165) is 23.7 Å². The summed E-state index contributed by atoms with van der Waals surface area (Å²) >= 11 is 8.20. The van der Waals surface area contributed by atoms with E-state index in [1.165, 1.54) is 81.2 Å². The largest absolute Gasteiger partial charge is 0.481 e. The van der Waals surface area contributed by atoms with Crippen LogP contribution in [-0.4, -0.2) is 30.2 Å². The van der Waals surface area contributed by atoms with Crippen molar-refractivity contribution in [2.45, 2.75) is 101 Å². The molecule has 1 aromatic rings. The van der Waals surface area contributed by atoms with Gasteiger partial charge in [-0.2, -0.15) is 0 Å². The van der Waals surface area contributed by atoms with Gasteiger partial charge < -0.3 is 10.0 Å². The summed E-state index contributed by atoms with van der Waals surface area (Å²) in [6.07, 6.45) is 17.0. The first-order valence-electron chi connectivity index (χ1n) is 11.9. The molecule has 1 aliphatic heterocycles. The quantitative estimate of drug-likeness (QED) is 0.479. The fourth-order valence-corrected chi connectivity index (χ4v) is 5.84. The zero-order chi connectivity index (χ0) is 21.2. The topological polar surface area (TPSA) is 52.6 Å². The van der Waals surface area contributed by atoms with E-state index in [9.17, 15) is 4.79 Å². The molecule has 6 heteroatoms. The van der Waals surface area contributed by atoms with Gasteiger partial charge in [-0.1, -0.05) is 69.4 Å². The lowest BCUT2D eigenvalue weighted by molar-refractivity contribution is -0.137. The Bertz CT molecular complexity index is 664. The van der Waals surface area contributed by atoms with Crippen molar-refractivity contribution >= 4 is 35.2 Å². The van der Waals surface area contributed by atoms with Gasteiger partial charge in [0.1, 0.15) is 0 Å². The number of carbonyl (C=O) groups is 1. The monoisotopic (exact) mass is 452 g/mol. The molecule has 2 fully saturated rings. The average Bonchev–Trinajstić information content (AvgIpc) is 2.98. The molecule has 1 heterocycles. The van der Waals surface area contributed by atoms with Crippen LogP contribution in [0, 0.1) is 0 Å². The number of nitrogens with one attached hydrogen (secondary N) is 1. The van der Waals surface area contributed by atoms with Crippen molar-refractivity contribution in [2.24, 2.45) is 0 Å². The number of carboxylic acid groups (broad SMARTS) is 1. The van der Waals surface area contributed by atoms with Crippen LogP contribution >= 0.6 is 23.5 Å². The first-order valence-corrected chi connectivity index (χ1v) is 13.0. The first kappa shape index (κ1) is 23.7. The van der Waals surface area contributed by atoms with Gasteiger partial charge in [-0.15, -0.1) is 0 Å². The molecular formula is C24H37ClN2O2S. The van der Waals surface area contributed by atoms with E-state index in [1.807, 2.05) is 0 Å². The van der Waals surface area contributed by atoms with E-state index in [-0.39, 0.29) is 6.42 Å². The van der Waals surface area contributed by atoms with Crippen molar-refractivity contribution in [2.75, 3.05) is 18.0 Å². The zero-order valence-electron chi connectivity index (χ0n) is 18.1. The Labute approximate surface area is 191 Å². The standard InChI is InChI=1S/C18H25ClN2O2S.C6H12/c19-15-12-16-17(11-13(15)5-4-8-18(22)23)24-20-9-10-21(16)14-6-2-1-3-7-14;1-2-4-6-5-3-1/h11-12,14,20H,1-10H2,(H,22,23);1-6H2. The molecule has 2 saturated carbocycles. The maximum absolute atomic E-state index is 10.7. The minimum atomic E-state index is -0.750. The molecule has 3 aliphatic rings. The zero-order valence-corrected chi connectivity index (χ0v) is 19.7. The van der Waals surface area contributed by atoms with Crippen molar-refractivity contribution in [3.63, 3.8) is 0 Å². The summed E-state index contributed by atoms with van der Waals surface area (Å²) in [5.74, 6) is -0.750. The molecule has 0 amide bonds. The summed E-state index contributed by atoms with van der Waals surface area (Å²) in [6.45, 7) is 1.97. The number of hydrogen-bond donors (Lipinski definition) is 2. The summed E-state index contributed by atoms with van der Waals surface area (Å²) in [5, 5.41) is 9.58. The number of benzene rings is 1. The second-order valence-electron chi connectivity index (χ2n) is 8.76. The normalized spacial score (nSPS) is 20.0. The van der Waals surface area contributed by atoms with E-state index < -0.39 is 5.97 Å². The van der Waals surface area contributed by atoms with Crippen LogP contribution in [0.15, 0.2) is 17.0 Å². The summed E-state index contributed by atoms with van der Waals surface area (Å²) < 4.78 is 3.43. The van der Waals surface area contributed by atoms with Crippen molar-refractivity contribution in [1.82, 2.24) is 4.72 Å². The fourth-order valence-electron chi connectivity index (χ4n) is 4.76. The van der Waals surface area contributed by atoms with Gasteiger partial charge in [0.2, 0.25) is 0 Å². The SMILES string of the molecule is C1CCCCC1.O=C(O)CCCc1cc2c(cc1Cl)N(C1CCCCC1)CCNS2. The molecule has 0 atom stereocenters. The molecular weight excluding hydrogens is 416 g/mol. The lowest BCUT2D eigenvalue weighted by atomic mass is 9.93. The number of fused-ring (bicyclic) bond motifs is 1. The molecule has 2 aliphatic carbocycles. The average molecular weight is 453 g/mol. The van der Waals surface area contributed by atoms with Crippen molar-refractivity contribution in [3.05, 3.63) is 22.7 Å². The van der Waals surface area contributed by atoms with Crippen LogP contribution in [0.5, 0.6) is 0 Å².